The number of nitrogens with zero attached hydrogens (tertiary/aromatic N) is 2. The van der Waals surface area contributed by atoms with E-state index in [4.69, 9.17) is 5.73 Å². The van der Waals surface area contributed by atoms with E-state index in [1.54, 1.807) is 6.20 Å². The van der Waals surface area contributed by atoms with Crippen LogP contribution < -0.4 is 5.73 Å². The highest BCUT2D eigenvalue weighted by atomic mass is 16.3. The van der Waals surface area contributed by atoms with Crippen molar-refractivity contribution in [1.29, 1.82) is 0 Å². The van der Waals surface area contributed by atoms with Gasteiger partial charge in [-0.3, -0.25) is 4.68 Å². The molecule has 0 saturated carbocycles. The van der Waals surface area contributed by atoms with Gasteiger partial charge in [-0.2, -0.15) is 5.10 Å². The molecule has 1 rings (SSSR count). The van der Waals surface area contributed by atoms with E-state index < -0.39 is 6.10 Å². The van der Waals surface area contributed by atoms with E-state index in [0.29, 0.717) is 18.9 Å². The zero-order chi connectivity index (χ0) is 10.6. The molecule has 14 heavy (non-hydrogen) atoms. The maximum atomic E-state index is 9.63. The molecule has 0 aliphatic rings. The maximum Gasteiger partial charge on any atom is 0.0832 e. The molecule has 0 aliphatic carbocycles. The Hall–Kier alpha value is -0.870. The van der Waals surface area contributed by atoms with Crippen LogP contribution in [0.25, 0.3) is 0 Å². The molecule has 0 spiro atoms. The molecule has 0 bridgehead atoms. The second kappa shape index (κ2) is 5.12. The van der Waals surface area contributed by atoms with E-state index in [2.05, 4.69) is 18.9 Å². The van der Waals surface area contributed by atoms with Crippen LogP contribution in [0.4, 0.5) is 0 Å². The lowest BCUT2D eigenvalue weighted by Crippen LogP contribution is -2.06. The van der Waals surface area contributed by atoms with Gasteiger partial charge in [0.2, 0.25) is 0 Å². The van der Waals surface area contributed by atoms with Crippen LogP contribution in [-0.4, -0.2) is 21.4 Å². The summed E-state index contributed by atoms with van der Waals surface area (Å²) in [6, 6.07) is 0. The maximum absolute atomic E-state index is 9.63. The van der Waals surface area contributed by atoms with Gasteiger partial charge < -0.3 is 10.8 Å². The molecular weight excluding hydrogens is 178 g/mol. The summed E-state index contributed by atoms with van der Waals surface area (Å²) in [5.41, 5.74) is 6.22. The second-order valence-corrected chi connectivity index (χ2v) is 3.98. The molecule has 0 saturated heterocycles. The zero-order valence-electron chi connectivity index (χ0n) is 8.85. The van der Waals surface area contributed by atoms with Crippen LogP contribution in [-0.2, 0) is 6.54 Å². The summed E-state index contributed by atoms with van der Waals surface area (Å²) in [6.45, 7) is 5.65. The zero-order valence-corrected chi connectivity index (χ0v) is 8.85. The lowest BCUT2D eigenvalue weighted by Gasteiger charge is -2.06. The smallest absolute Gasteiger partial charge is 0.0832 e. The van der Waals surface area contributed by atoms with Crippen LogP contribution in [0.2, 0.25) is 0 Å². The molecule has 1 aromatic rings. The Morgan fingerprint density at radius 3 is 2.86 bits per heavy atom. The summed E-state index contributed by atoms with van der Waals surface area (Å²) in [7, 11) is 0. The van der Waals surface area contributed by atoms with E-state index >= 15 is 0 Å². The normalized spacial score (nSPS) is 13.5. The minimum Gasteiger partial charge on any atom is -0.388 e. The molecule has 0 amide bonds. The first-order chi connectivity index (χ1) is 6.63. The fourth-order valence-corrected chi connectivity index (χ4v) is 1.35. The van der Waals surface area contributed by atoms with Gasteiger partial charge in [-0.15, -0.1) is 0 Å². The first-order valence-corrected chi connectivity index (χ1v) is 5.04. The third-order valence-electron chi connectivity index (χ3n) is 2.03. The topological polar surface area (TPSA) is 64.1 Å². The van der Waals surface area contributed by atoms with E-state index in [1.807, 2.05) is 10.9 Å². The van der Waals surface area contributed by atoms with Gasteiger partial charge in [0.15, 0.2) is 0 Å². The van der Waals surface area contributed by atoms with Gasteiger partial charge >= 0.3 is 0 Å². The summed E-state index contributed by atoms with van der Waals surface area (Å²) < 4.78 is 1.86. The van der Waals surface area contributed by atoms with Gasteiger partial charge in [-0.05, 0) is 18.9 Å². The monoisotopic (exact) mass is 197 g/mol. The summed E-state index contributed by atoms with van der Waals surface area (Å²) in [4.78, 5) is 0. The third-order valence-corrected chi connectivity index (χ3v) is 2.03. The van der Waals surface area contributed by atoms with Crippen molar-refractivity contribution in [3.05, 3.63) is 18.0 Å². The van der Waals surface area contributed by atoms with Gasteiger partial charge in [0, 0.05) is 18.3 Å². The number of aromatic nitrogens is 2. The van der Waals surface area contributed by atoms with Crippen LogP contribution in [0.5, 0.6) is 0 Å². The van der Waals surface area contributed by atoms with Gasteiger partial charge in [0.05, 0.1) is 12.3 Å². The minimum absolute atomic E-state index is 0.471. The van der Waals surface area contributed by atoms with E-state index in [9.17, 15) is 5.11 Å². The van der Waals surface area contributed by atoms with E-state index in [1.165, 1.54) is 0 Å². The number of hydrogen-bond donors (Lipinski definition) is 2. The van der Waals surface area contributed by atoms with Crippen molar-refractivity contribution < 1.29 is 5.11 Å². The molecule has 0 radical (unpaired) electrons. The molecule has 0 aliphatic heterocycles. The highest BCUT2D eigenvalue weighted by molar-refractivity contribution is 5.07. The number of hydrogen-bond acceptors (Lipinski definition) is 3. The fraction of sp³-hybridized carbons (Fsp3) is 0.700. The van der Waals surface area contributed by atoms with E-state index in [-0.39, 0.29) is 0 Å². The van der Waals surface area contributed by atoms with Crippen LogP contribution >= 0.6 is 0 Å². The molecular formula is C10H19N3O. The Kier molecular flexibility index (Phi) is 4.10. The lowest BCUT2D eigenvalue weighted by molar-refractivity contribution is 0.170. The molecule has 1 heterocycles. The Morgan fingerprint density at radius 2 is 2.29 bits per heavy atom. The largest absolute Gasteiger partial charge is 0.388 e. The third kappa shape index (κ3) is 3.12. The summed E-state index contributed by atoms with van der Waals surface area (Å²) >= 11 is 0. The average Bonchev–Trinajstić information content (AvgIpc) is 2.52. The highest BCUT2D eigenvalue weighted by Gasteiger charge is 2.09. The molecule has 80 valence electrons. The van der Waals surface area contributed by atoms with Crippen molar-refractivity contribution in [2.75, 3.05) is 6.54 Å². The van der Waals surface area contributed by atoms with Crippen LogP contribution in [0.1, 0.15) is 31.9 Å². The Labute approximate surface area is 84.7 Å². The summed E-state index contributed by atoms with van der Waals surface area (Å²) in [6.07, 6.45) is 3.72. The molecule has 0 aromatic carbocycles. The predicted octanol–water partition coefficient (Wildman–Crippen LogP) is 0.921. The van der Waals surface area contributed by atoms with Gasteiger partial charge in [-0.25, -0.2) is 0 Å². The van der Waals surface area contributed by atoms with Crippen molar-refractivity contribution in [2.45, 2.75) is 32.9 Å². The van der Waals surface area contributed by atoms with Crippen LogP contribution in [0, 0.1) is 5.92 Å². The standard InChI is InChI=1S/C10H19N3O/c1-8(2)6-13-7-9(5-12-13)10(14)3-4-11/h5,7-8,10,14H,3-4,6,11H2,1-2H3/t10-/m0/s1. The van der Waals surface area contributed by atoms with Crippen molar-refractivity contribution in [3.63, 3.8) is 0 Å². The molecule has 4 nitrogen and oxygen atoms in total. The molecule has 1 aromatic heterocycles. The second-order valence-electron chi connectivity index (χ2n) is 3.98. The molecule has 3 N–H and O–H groups in total. The van der Waals surface area contributed by atoms with Gasteiger partial charge in [-0.1, -0.05) is 13.8 Å². The van der Waals surface area contributed by atoms with Crippen molar-refractivity contribution in [3.8, 4) is 0 Å². The quantitative estimate of drug-likeness (QED) is 0.737. The van der Waals surface area contributed by atoms with Crippen LogP contribution in [0.15, 0.2) is 12.4 Å². The fourth-order valence-electron chi connectivity index (χ4n) is 1.35. The van der Waals surface area contributed by atoms with Crippen LogP contribution in [0.3, 0.4) is 0 Å². The molecule has 4 heteroatoms. The number of aliphatic hydroxyl groups excluding tert-OH is 1. The SMILES string of the molecule is CC(C)Cn1cc([C@@H](O)CCN)cn1. The first-order valence-electron chi connectivity index (χ1n) is 5.04. The Morgan fingerprint density at radius 1 is 1.57 bits per heavy atom. The van der Waals surface area contributed by atoms with E-state index in [0.717, 1.165) is 12.1 Å². The van der Waals surface area contributed by atoms with Gasteiger partial charge in [0.25, 0.3) is 0 Å². The average molecular weight is 197 g/mol. The van der Waals surface area contributed by atoms with Crippen molar-refractivity contribution in [1.82, 2.24) is 9.78 Å². The number of aliphatic hydroxyl groups is 1. The van der Waals surface area contributed by atoms with Crippen molar-refractivity contribution >= 4 is 0 Å². The number of nitrogens with two attached hydrogens (primary N) is 1. The first kappa shape index (κ1) is 11.2. The molecule has 0 fully saturated rings. The predicted molar refractivity (Wildman–Crippen MR) is 55.7 cm³/mol. The highest BCUT2D eigenvalue weighted by Crippen LogP contribution is 2.14. The Balaban J connectivity index is 2.58. The summed E-state index contributed by atoms with van der Waals surface area (Å²) in [5.74, 6) is 0.564. The van der Waals surface area contributed by atoms with Gasteiger partial charge in [0.1, 0.15) is 0 Å². The van der Waals surface area contributed by atoms with Crippen molar-refractivity contribution in [2.24, 2.45) is 11.7 Å². The Bertz CT molecular complexity index is 270. The lowest BCUT2D eigenvalue weighted by atomic mass is 10.1. The summed E-state index contributed by atoms with van der Waals surface area (Å²) in [5, 5.41) is 13.8. The molecule has 1 atom stereocenters. The number of rotatable bonds is 5. The minimum atomic E-state index is -0.471. The molecule has 0 unspecified atom stereocenters.